The molecule has 0 radical (unpaired) electrons. The maximum Gasteiger partial charge on any atom is 0.159 e. The molecule has 0 atom stereocenters. The van der Waals surface area contributed by atoms with Crippen molar-refractivity contribution in [1.29, 1.82) is 0 Å². The van der Waals surface area contributed by atoms with Gasteiger partial charge in [-0.2, -0.15) is 5.10 Å². The molecular weight excluding hydrogens is 176 g/mol. The molecule has 2 aromatic rings. The molecule has 1 aliphatic carbocycles. The first-order valence-electron chi connectivity index (χ1n) is 4.86. The highest BCUT2D eigenvalue weighted by molar-refractivity contribution is 5.38. The molecule has 2 heterocycles. The van der Waals surface area contributed by atoms with Gasteiger partial charge in [0.1, 0.15) is 0 Å². The summed E-state index contributed by atoms with van der Waals surface area (Å²) in [7, 11) is 0. The fraction of sp³-hybridized carbons (Fsp3) is 0.400. The first kappa shape index (κ1) is 7.94. The summed E-state index contributed by atoms with van der Waals surface area (Å²) in [5, 5.41) is 4.44. The number of nitrogens with zero attached hydrogens (tertiary/aromatic N) is 3. The molecular formula is C10H12N4. The minimum absolute atomic E-state index is 0.0893. The van der Waals surface area contributed by atoms with E-state index in [1.54, 1.807) is 0 Å². The van der Waals surface area contributed by atoms with Crippen LogP contribution < -0.4 is 5.73 Å². The number of nitrogens with two attached hydrogens (primary N) is 1. The highest BCUT2D eigenvalue weighted by Gasteiger charge is 2.46. The smallest absolute Gasteiger partial charge is 0.159 e. The summed E-state index contributed by atoms with van der Waals surface area (Å²) < 4.78 is 1.81. The van der Waals surface area contributed by atoms with E-state index in [2.05, 4.69) is 10.1 Å². The lowest BCUT2D eigenvalue weighted by atomic mass is 10.1. The lowest BCUT2D eigenvalue weighted by molar-refractivity contribution is 0.647. The lowest BCUT2D eigenvalue weighted by Crippen LogP contribution is -2.21. The predicted molar refractivity (Wildman–Crippen MR) is 53.0 cm³/mol. The summed E-state index contributed by atoms with van der Waals surface area (Å²) in [6.07, 6.45) is 4.17. The van der Waals surface area contributed by atoms with Gasteiger partial charge in [0.25, 0.3) is 0 Å². The lowest BCUT2D eigenvalue weighted by Gasteiger charge is -2.04. The predicted octanol–water partition coefficient (Wildman–Crippen LogP) is 0.720. The van der Waals surface area contributed by atoms with Crippen LogP contribution in [0.3, 0.4) is 0 Å². The van der Waals surface area contributed by atoms with Gasteiger partial charge >= 0.3 is 0 Å². The van der Waals surface area contributed by atoms with Gasteiger partial charge in [-0.3, -0.25) is 0 Å². The molecule has 0 unspecified atom stereocenters. The SMILES string of the molecule is NCC1(c2nc3ccccn3n2)CC1. The van der Waals surface area contributed by atoms with E-state index in [9.17, 15) is 0 Å². The third-order valence-corrected chi connectivity index (χ3v) is 2.96. The van der Waals surface area contributed by atoms with E-state index in [0.717, 1.165) is 24.3 Å². The van der Waals surface area contributed by atoms with Crippen molar-refractivity contribution in [1.82, 2.24) is 14.6 Å². The van der Waals surface area contributed by atoms with E-state index in [-0.39, 0.29) is 5.41 Å². The Morgan fingerprint density at radius 1 is 1.43 bits per heavy atom. The topological polar surface area (TPSA) is 56.2 Å². The Kier molecular flexibility index (Phi) is 1.44. The van der Waals surface area contributed by atoms with Gasteiger partial charge in [0.2, 0.25) is 0 Å². The number of fused-ring (bicyclic) bond motifs is 1. The molecule has 3 rings (SSSR count). The minimum atomic E-state index is 0.0893. The fourth-order valence-electron chi connectivity index (χ4n) is 1.73. The molecule has 2 N–H and O–H groups in total. The summed E-state index contributed by atoms with van der Waals surface area (Å²) >= 11 is 0. The standard InChI is InChI=1S/C10H12N4/c11-7-10(4-5-10)9-12-8-3-1-2-6-14(8)13-9/h1-3,6H,4-5,7,11H2. The van der Waals surface area contributed by atoms with Crippen molar-refractivity contribution < 1.29 is 0 Å². The van der Waals surface area contributed by atoms with E-state index in [1.807, 2.05) is 28.9 Å². The third kappa shape index (κ3) is 0.974. The van der Waals surface area contributed by atoms with Gasteiger partial charge in [0.05, 0.1) is 0 Å². The number of rotatable bonds is 2. The average Bonchev–Trinajstić information content (AvgIpc) is 2.91. The van der Waals surface area contributed by atoms with Crippen molar-refractivity contribution in [3.8, 4) is 0 Å². The van der Waals surface area contributed by atoms with Gasteiger partial charge < -0.3 is 5.73 Å². The molecule has 1 fully saturated rings. The third-order valence-electron chi connectivity index (χ3n) is 2.96. The monoisotopic (exact) mass is 188 g/mol. The highest BCUT2D eigenvalue weighted by Crippen LogP contribution is 2.45. The summed E-state index contributed by atoms with van der Waals surface area (Å²) in [6.45, 7) is 0.657. The van der Waals surface area contributed by atoms with Gasteiger partial charge in [0, 0.05) is 18.2 Å². The second-order valence-electron chi connectivity index (χ2n) is 3.92. The normalized spacial score (nSPS) is 18.6. The van der Waals surface area contributed by atoms with E-state index >= 15 is 0 Å². The molecule has 0 bridgehead atoms. The van der Waals surface area contributed by atoms with Crippen LogP contribution in [0.5, 0.6) is 0 Å². The Balaban J connectivity index is 2.15. The molecule has 0 amide bonds. The van der Waals surface area contributed by atoms with Crippen LogP contribution in [0.2, 0.25) is 0 Å². The Hall–Kier alpha value is -1.42. The summed E-state index contributed by atoms with van der Waals surface area (Å²) in [6, 6.07) is 5.88. The molecule has 14 heavy (non-hydrogen) atoms. The fourth-order valence-corrected chi connectivity index (χ4v) is 1.73. The van der Waals surface area contributed by atoms with Crippen molar-refractivity contribution in [2.24, 2.45) is 5.73 Å². The molecule has 0 aliphatic heterocycles. The van der Waals surface area contributed by atoms with Crippen LogP contribution >= 0.6 is 0 Å². The second kappa shape index (κ2) is 2.54. The number of pyridine rings is 1. The van der Waals surface area contributed by atoms with Gasteiger partial charge in [-0.1, -0.05) is 6.07 Å². The van der Waals surface area contributed by atoms with E-state index < -0.39 is 0 Å². The Morgan fingerprint density at radius 2 is 2.29 bits per heavy atom. The summed E-state index contributed by atoms with van der Waals surface area (Å²) in [5.41, 5.74) is 6.73. The number of aromatic nitrogens is 3. The van der Waals surface area contributed by atoms with Gasteiger partial charge in [-0.15, -0.1) is 0 Å². The molecule has 1 aliphatic rings. The van der Waals surface area contributed by atoms with Crippen LogP contribution in [0, 0.1) is 0 Å². The summed E-state index contributed by atoms with van der Waals surface area (Å²) in [5.74, 6) is 0.909. The average molecular weight is 188 g/mol. The zero-order chi connectivity index (χ0) is 9.60. The van der Waals surface area contributed by atoms with Gasteiger partial charge in [-0.25, -0.2) is 9.50 Å². The highest BCUT2D eigenvalue weighted by atomic mass is 15.3. The maximum atomic E-state index is 5.73. The van der Waals surface area contributed by atoms with Crippen molar-refractivity contribution in [2.75, 3.05) is 6.54 Å². The first-order valence-corrected chi connectivity index (χ1v) is 4.86. The van der Waals surface area contributed by atoms with Crippen LogP contribution in [-0.4, -0.2) is 21.1 Å². The van der Waals surface area contributed by atoms with Gasteiger partial charge in [0.15, 0.2) is 11.5 Å². The quantitative estimate of drug-likeness (QED) is 0.755. The molecule has 2 aromatic heterocycles. The number of hydrogen-bond acceptors (Lipinski definition) is 3. The Labute approximate surface area is 81.8 Å². The molecule has 1 saturated carbocycles. The number of hydrogen-bond donors (Lipinski definition) is 1. The minimum Gasteiger partial charge on any atom is -0.329 e. The molecule has 0 aromatic carbocycles. The second-order valence-corrected chi connectivity index (χ2v) is 3.92. The zero-order valence-electron chi connectivity index (χ0n) is 7.85. The molecule has 4 heteroatoms. The summed E-state index contributed by atoms with van der Waals surface area (Å²) in [4.78, 5) is 4.49. The van der Waals surface area contributed by atoms with Crippen molar-refractivity contribution in [2.45, 2.75) is 18.3 Å². The molecule has 0 saturated heterocycles. The van der Waals surface area contributed by atoms with Crippen molar-refractivity contribution in [3.05, 3.63) is 30.2 Å². The molecule has 72 valence electrons. The van der Waals surface area contributed by atoms with Gasteiger partial charge in [-0.05, 0) is 25.0 Å². The van der Waals surface area contributed by atoms with E-state index in [4.69, 9.17) is 5.73 Å². The largest absolute Gasteiger partial charge is 0.329 e. The van der Waals surface area contributed by atoms with E-state index in [1.165, 1.54) is 0 Å². The Bertz CT molecular complexity index is 437. The van der Waals surface area contributed by atoms with E-state index in [0.29, 0.717) is 6.54 Å². The van der Waals surface area contributed by atoms with Crippen LogP contribution in [0.4, 0.5) is 0 Å². The van der Waals surface area contributed by atoms with Crippen molar-refractivity contribution >= 4 is 5.65 Å². The Morgan fingerprint density at radius 3 is 2.93 bits per heavy atom. The van der Waals surface area contributed by atoms with Crippen LogP contribution in [-0.2, 0) is 5.41 Å². The van der Waals surface area contributed by atoms with Crippen LogP contribution in [0.1, 0.15) is 18.7 Å². The first-order chi connectivity index (χ1) is 6.84. The van der Waals surface area contributed by atoms with Crippen LogP contribution in [0.15, 0.2) is 24.4 Å². The zero-order valence-corrected chi connectivity index (χ0v) is 7.85. The maximum absolute atomic E-state index is 5.73. The van der Waals surface area contributed by atoms with Crippen molar-refractivity contribution in [3.63, 3.8) is 0 Å². The molecule has 4 nitrogen and oxygen atoms in total. The molecule has 0 spiro atoms. The van der Waals surface area contributed by atoms with Crippen LogP contribution in [0.25, 0.3) is 5.65 Å².